The second-order valence-corrected chi connectivity index (χ2v) is 3.15. The van der Waals surface area contributed by atoms with E-state index in [1.165, 1.54) is 11.3 Å². The molecule has 0 spiro atoms. The summed E-state index contributed by atoms with van der Waals surface area (Å²) in [5.74, 6) is 0.499. The van der Waals surface area contributed by atoms with E-state index < -0.39 is 0 Å². The lowest BCUT2D eigenvalue weighted by molar-refractivity contribution is 0.834. The van der Waals surface area contributed by atoms with Crippen LogP contribution in [0.25, 0.3) is 0 Å². The molecule has 58 valence electrons. The Labute approximate surface area is 75.2 Å². The summed E-state index contributed by atoms with van der Waals surface area (Å²) in [6, 6.07) is 0. The van der Waals surface area contributed by atoms with Crippen molar-refractivity contribution in [2.75, 3.05) is 5.73 Å². The number of hydrogen-bond acceptors (Lipinski definition) is 3. The summed E-state index contributed by atoms with van der Waals surface area (Å²) in [4.78, 5) is 4.11. The molecular weight excluding hydrogens is 212 g/mol. The fourth-order valence-corrected chi connectivity index (χ4v) is 1.29. The van der Waals surface area contributed by atoms with Crippen molar-refractivity contribution in [3.63, 3.8) is 0 Å². The van der Waals surface area contributed by atoms with E-state index in [9.17, 15) is 0 Å². The van der Waals surface area contributed by atoms with Crippen molar-refractivity contribution < 1.29 is 0 Å². The molecule has 0 aliphatic carbocycles. The second-order valence-electron chi connectivity index (χ2n) is 2.27. The maximum atomic E-state index is 5.42. The summed E-state index contributed by atoms with van der Waals surface area (Å²) in [6.45, 7) is 4.21. The van der Waals surface area contributed by atoms with Crippen molar-refractivity contribution in [3.8, 4) is 0 Å². The molecule has 0 atom stereocenters. The van der Waals surface area contributed by atoms with Gasteiger partial charge in [0.15, 0.2) is 5.13 Å². The molecule has 2 N–H and O–H groups in total. The minimum absolute atomic E-state index is 0. The largest absolute Gasteiger partial charge is 0.375 e. The molecule has 0 saturated carbocycles. The van der Waals surface area contributed by atoms with Gasteiger partial charge in [-0.05, 0) is 5.92 Å². The summed E-state index contributed by atoms with van der Waals surface area (Å²) in [6.07, 6.45) is 0. The van der Waals surface area contributed by atoms with Gasteiger partial charge in [-0.1, -0.05) is 13.8 Å². The highest BCUT2D eigenvalue weighted by Crippen LogP contribution is 2.18. The quantitative estimate of drug-likeness (QED) is 0.794. The van der Waals surface area contributed by atoms with Crippen molar-refractivity contribution in [2.45, 2.75) is 19.8 Å². The zero-order valence-corrected chi connectivity index (χ0v) is 8.53. The van der Waals surface area contributed by atoms with Crippen molar-refractivity contribution >= 4 is 33.4 Å². The SMILES string of the molecule is Br.CC(C)c1csc(N)n1. The monoisotopic (exact) mass is 222 g/mol. The van der Waals surface area contributed by atoms with Crippen LogP contribution >= 0.6 is 28.3 Å². The van der Waals surface area contributed by atoms with Gasteiger partial charge in [0.05, 0.1) is 5.69 Å². The maximum Gasteiger partial charge on any atom is 0.180 e. The highest BCUT2D eigenvalue weighted by Gasteiger charge is 2.01. The van der Waals surface area contributed by atoms with Crippen molar-refractivity contribution in [2.24, 2.45) is 0 Å². The molecule has 1 aromatic rings. The number of hydrogen-bond donors (Lipinski definition) is 1. The zero-order valence-electron chi connectivity index (χ0n) is 6.00. The number of halogens is 1. The van der Waals surface area contributed by atoms with Crippen LogP contribution < -0.4 is 5.73 Å². The highest BCUT2D eigenvalue weighted by molar-refractivity contribution is 8.93. The van der Waals surface area contributed by atoms with Crippen molar-refractivity contribution in [3.05, 3.63) is 11.1 Å². The van der Waals surface area contributed by atoms with Gasteiger partial charge in [-0.2, -0.15) is 0 Å². The molecule has 10 heavy (non-hydrogen) atoms. The number of nitrogens with two attached hydrogens (primary N) is 1. The third-order valence-corrected chi connectivity index (χ3v) is 1.82. The molecule has 0 saturated heterocycles. The van der Waals surface area contributed by atoms with E-state index >= 15 is 0 Å². The summed E-state index contributed by atoms with van der Waals surface area (Å²) in [7, 11) is 0. The van der Waals surface area contributed by atoms with E-state index in [-0.39, 0.29) is 17.0 Å². The normalized spacial score (nSPS) is 9.50. The number of thiazole rings is 1. The third kappa shape index (κ3) is 2.27. The van der Waals surface area contributed by atoms with E-state index in [1.807, 2.05) is 5.38 Å². The van der Waals surface area contributed by atoms with Crippen LogP contribution in [0.2, 0.25) is 0 Å². The Kier molecular flexibility index (Phi) is 3.89. The van der Waals surface area contributed by atoms with E-state index in [0.717, 1.165) is 5.69 Å². The molecule has 1 aromatic heterocycles. The Morgan fingerprint density at radius 1 is 1.60 bits per heavy atom. The summed E-state index contributed by atoms with van der Waals surface area (Å²) < 4.78 is 0. The average molecular weight is 223 g/mol. The first-order valence-electron chi connectivity index (χ1n) is 2.91. The van der Waals surface area contributed by atoms with Crippen LogP contribution in [0.5, 0.6) is 0 Å². The number of nitrogens with zero attached hydrogens (tertiary/aromatic N) is 1. The predicted octanol–water partition coefficient (Wildman–Crippen LogP) is 2.43. The minimum atomic E-state index is 0. The van der Waals surface area contributed by atoms with Crippen molar-refractivity contribution in [1.29, 1.82) is 0 Å². The molecule has 1 heterocycles. The second kappa shape index (κ2) is 3.93. The van der Waals surface area contributed by atoms with Crippen LogP contribution in [-0.4, -0.2) is 4.98 Å². The van der Waals surface area contributed by atoms with Crippen LogP contribution in [0, 0.1) is 0 Å². The molecule has 4 heteroatoms. The highest BCUT2D eigenvalue weighted by atomic mass is 79.9. The minimum Gasteiger partial charge on any atom is -0.375 e. The van der Waals surface area contributed by atoms with E-state index in [0.29, 0.717) is 11.0 Å². The lowest BCUT2D eigenvalue weighted by Gasteiger charge is -1.94. The number of rotatable bonds is 1. The van der Waals surface area contributed by atoms with Crippen LogP contribution in [-0.2, 0) is 0 Å². The Morgan fingerprint density at radius 3 is 2.40 bits per heavy atom. The Balaban J connectivity index is 0.000000810. The van der Waals surface area contributed by atoms with Crippen LogP contribution in [0.4, 0.5) is 5.13 Å². The van der Waals surface area contributed by atoms with Gasteiger partial charge in [-0.25, -0.2) is 4.98 Å². The molecule has 2 nitrogen and oxygen atoms in total. The Bertz CT molecular complexity index is 197. The summed E-state index contributed by atoms with van der Waals surface area (Å²) >= 11 is 1.50. The first kappa shape index (κ1) is 9.91. The summed E-state index contributed by atoms with van der Waals surface area (Å²) in [5.41, 5.74) is 6.52. The van der Waals surface area contributed by atoms with E-state index in [1.54, 1.807) is 0 Å². The van der Waals surface area contributed by atoms with Gasteiger partial charge in [0.25, 0.3) is 0 Å². The van der Waals surface area contributed by atoms with Gasteiger partial charge >= 0.3 is 0 Å². The predicted molar refractivity (Wildman–Crippen MR) is 50.9 cm³/mol. The lowest BCUT2D eigenvalue weighted by Crippen LogP contribution is -1.88. The van der Waals surface area contributed by atoms with E-state index in [2.05, 4.69) is 18.8 Å². The molecule has 0 bridgehead atoms. The lowest BCUT2D eigenvalue weighted by atomic mass is 10.2. The Morgan fingerprint density at radius 2 is 2.20 bits per heavy atom. The van der Waals surface area contributed by atoms with Gasteiger partial charge < -0.3 is 5.73 Å². The topological polar surface area (TPSA) is 38.9 Å². The summed E-state index contributed by atoms with van der Waals surface area (Å²) in [5, 5.41) is 2.67. The van der Waals surface area contributed by atoms with Gasteiger partial charge in [0.1, 0.15) is 0 Å². The number of nitrogen functional groups attached to an aromatic ring is 1. The number of aromatic nitrogens is 1. The fourth-order valence-electron chi connectivity index (χ4n) is 0.566. The molecule has 0 radical (unpaired) electrons. The Hall–Kier alpha value is -0.0900. The zero-order chi connectivity index (χ0) is 6.85. The molecule has 0 amide bonds. The first-order chi connectivity index (χ1) is 4.20. The molecule has 1 rings (SSSR count). The van der Waals surface area contributed by atoms with E-state index in [4.69, 9.17) is 5.73 Å². The molecular formula is C6H11BrN2S. The van der Waals surface area contributed by atoms with Crippen molar-refractivity contribution in [1.82, 2.24) is 4.98 Å². The maximum absolute atomic E-state index is 5.42. The molecule has 0 aliphatic heterocycles. The van der Waals surface area contributed by atoms with Crippen LogP contribution in [0.15, 0.2) is 5.38 Å². The van der Waals surface area contributed by atoms with Crippen LogP contribution in [0.1, 0.15) is 25.5 Å². The molecule has 0 fully saturated rings. The smallest absolute Gasteiger partial charge is 0.180 e. The standard InChI is InChI=1S/C6H10N2S.BrH/c1-4(2)5-3-9-6(7)8-5;/h3-4H,1-2H3,(H2,7,8);1H. The molecule has 0 unspecified atom stereocenters. The average Bonchev–Trinajstić information content (AvgIpc) is 2.14. The molecule has 0 aliphatic rings. The van der Waals surface area contributed by atoms with Gasteiger partial charge in [-0.3, -0.25) is 0 Å². The van der Waals surface area contributed by atoms with Gasteiger partial charge in [0.2, 0.25) is 0 Å². The van der Waals surface area contributed by atoms with Gasteiger partial charge in [0, 0.05) is 5.38 Å². The first-order valence-corrected chi connectivity index (χ1v) is 3.79. The van der Waals surface area contributed by atoms with Crippen LogP contribution in [0.3, 0.4) is 0 Å². The third-order valence-electron chi connectivity index (χ3n) is 1.13. The van der Waals surface area contributed by atoms with Gasteiger partial charge in [-0.15, -0.1) is 28.3 Å². The molecule has 0 aromatic carbocycles. The fraction of sp³-hybridized carbons (Fsp3) is 0.500. The number of anilines is 1.